The predicted molar refractivity (Wildman–Crippen MR) is 58.9 cm³/mol. The molecule has 0 aliphatic rings. The van der Waals surface area contributed by atoms with Crippen LogP contribution in [-0.2, 0) is 6.54 Å². The van der Waals surface area contributed by atoms with E-state index < -0.39 is 0 Å². The molecule has 0 atom stereocenters. The van der Waals surface area contributed by atoms with Crippen molar-refractivity contribution in [2.45, 2.75) is 6.54 Å². The summed E-state index contributed by atoms with van der Waals surface area (Å²) in [6, 6.07) is 8.33. The van der Waals surface area contributed by atoms with Gasteiger partial charge in [0.25, 0.3) is 0 Å². The van der Waals surface area contributed by atoms with Crippen molar-refractivity contribution >= 4 is 26.8 Å². The van der Waals surface area contributed by atoms with Crippen molar-refractivity contribution in [3.05, 3.63) is 36.0 Å². The maximum atomic E-state index is 3.34. The Morgan fingerprint density at radius 1 is 1.31 bits per heavy atom. The number of nitrogens with one attached hydrogen (secondary N) is 2. The van der Waals surface area contributed by atoms with Gasteiger partial charge < -0.3 is 10.3 Å². The summed E-state index contributed by atoms with van der Waals surface area (Å²) in [6.45, 7) is 0.898. The minimum atomic E-state index is 0.826. The number of H-pyrrole nitrogens is 1. The van der Waals surface area contributed by atoms with Crippen molar-refractivity contribution in [3.63, 3.8) is 0 Å². The zero-order chi connectivity index (χ0) is 9.10. The lowest BCUT2D eigenvalue weighted by atomic mass is 10.2. The Morgan fingerprint density at radius 3 is 3.00 bits per heavy atom. The Bertz CT molecular complexity index is 394. The van der Waals surface area contributed by atoms with Gasteiger partial charge in [-0.3, -0.25) is 0 Å². The molecule has 0 radical (unpaired) electrons. The van der Waals surface area contributed by atoms with E-state index >= 15 is 0 Å². The van der Waals surface area contributed by atoms with Crippen molar-refractivity contribution in [2.24, 2.45) is 0 Å². The van der Waals surface area contributed by atoms with Crippen LogP contribution in [-0.4, -0.2) is 10.4 Å². The smallest absolute Gasteiger partial charge is 0.0519 e. The summed E-state index contributed by atoms with van der Waals surface area (Å²) >= 11 is 3.34. The summed E-state index contributed by atoms with van der Waals surface area (Å²) in [5.41, 5.74) is 3.34. The van der Waals surface area contributed by atoms with Crippen LogP contribution in [0.15, 0.2) is 30.5 Å². The van der Waals surface area contributed by atoms with Crippen molar-refractivity contribution in [1.29, 1.82) is 0 Å². The molecule has 2 aromatic rings. The Balaban J connectivity index is 2.35. The van der Waals surface area contributed by atoms with Crippen LogP contribution in [0.3, 0.4) is 0 Å². The van der Waals surface area contributed by atoms with Crippen LogP contribution in [0.4, 0.5) is 0 Å². The lowest BCUT2D eigenvalue weighted by Gasteiger charge is -1.97. The highest BCUT2D eigenvalue weighted by Gasteiger charge is 2.00. The van der Waals surface area contributed by atoms with E-state index in [1.807, 2.05) is 6.07 Å². The summed E-state index contributed by atoms with van der Waals surface area (Å²) in [6.07, 6.45) is 2.06. The van der Waals surface area contributed by atoms with E-state index in [0.717, 1.165) is 12.0 Å². The molecule has 0 spiro atoms. The first-order valence-electron chi connectivity index (χ1n) is 4.23. The van der Waals surface area contributed by atoms with E-state index in [1.54, 1.807) is 0 Å². The first-order valence-corrected chi connectivity index (χ1v) is 5.35. The summed E-state index contributed by atoms with van der Waals surface area (Å²) in [5.74, 6) is 0. The highest BCUT2D eigenvalue weighted by Crippen LogP contribution is 2.16. The Labute approximate surface area is 85.5 Å². The van der Waals surface area contributed by atoms with Gasteiger partial charge in [-0.05, 0) is 11.6 Å². The first kappa shape index (κ1) is 8.78. The van der Waals surface area contributed by atoms with Crippen LogP contribution in [0.2, 0.25) is 0 Å². The number of alkyl halides is 1. The van der Waals surface area contributed by atoms with E-state index in [2.05, 4.69) is 50.6 Å². The fourth-order valence-electron chi connectivity index (χ4n) is 1.46. The highest BCUT2D eigenvalue weighted by atomic mass is 79.9. The molecule has 2 rings (SSSR count). The number of fused-ring (bicyclic) bond motifs is 1. The third-order valence-corrected chi connectivity index (χ3v) is 2.48. The number of hydrogen-bond donors (Lipinski definition) is 2. The number of benzene rings is 1. The molecule has 1 aromatic carbocycles. The SMILES string of the molecule is BrCNCc1c[nH]c2ccccc12. The largest absolute Gasteiger partial charge is 0.361 e. The molecule has 0 saturated carbocycles. The Kier molecular flexibility index (Phi) is 2.66. The zero-order valence-corrected chi connectivity index (χ0v) is 8.76. The average Bonchev–Trinajstić information content (AvgIpc) is 2.58. The van der Waals surface area contributed by atoms with Crippen molar-refractivity contribution in [3.8, 4) is 0 Å². The summed E-state index contributed by atoms with van der Waals surface area (Å²) in [5, 5.41) is 4.54. The monoisotopic (exact) mass is 238 g/mol. The second-order valence-corrected chi connectivity index (χ2v) is 3.48. The molecule has 0 amide bonds. The maximum Gasteiger partial charge on any atom is 0.0519 e. The molecule has 1 aromatic heterocycles. The van der Waals surface area contributed by atoms with Crippen LogP contribution < -0.4 is 5.32 Å². The lowest BCUT2D eigenvalue weighted by molar-refractivity contribution is 0.807. The van der Waals surface area contributed by atoms with Crippen LogP contribution >= 0.6 is 15.9 Å². The van der Waals surface area contributed by atoms with Gasteiger partial charge in [-0.2, -0.15) is 0 Å². The third kappa shape index (κ3) is 1.76. The molecule has 0 saturated heterocycles. The third-order valence-electron chi connectivity index (χ3n) is 2.08. The van der Waals surface area contributed by atoms with Crippen molar-refractivity contribution in [1.82, 2.24) is 10.3 Å². The van der Waals surface area contributed by atoms with E-state index in [9.17, 15) is 0 Å². The molecule has 13 heavy (non-hydrogen) atoms. The van der Waals surface area contributed by atoms with Gasteiger partial charge in [0.15, 0.2) is 0 Å². The van der Waals surface area contributed by atoms with Crippen molar-refractivity contribution < 1.29 is 0 Å². The second kappa shape index (κ2) is 3.94. The zero-order valence-electron chi connectivity index (χ0n) is 7.18. The molecule has 0 aliphatic heterocycles. The molecule has 2 nitrogen and oxygen atoms in total. The van der Waals surface area contributed by atoms with Gasteiger partial charge in [0.05, 0.1) is 5.45 Å². The second-order valence-electron chi connectivity index (χ2n) is 2.92. The van der Waals surface area contributed by atoms with Crippen LogP contribution in [0, 0.1) is 0 Å². The molecule has 68 valence electrons. The molecule has 0 aliphatic carbocycles. The standard InChI is InChI=1S/C10H11BrN2/c11-7-12-5-8-6-13-10-4-2-1-3-9(8)10/h1-4,6,12-13H,5,7H2. The van der Waals surface area contributed by atoms with Crippen LogP contribution in [0.5, 0.6) is 0 Å². The molecular weight excluding hydrogens is 228 g/mol. The van der Waals surface area contributed by atoms with Gasteiger partial charge in [-0.25, -0.2) is 0 Å². The minimum Gasteiger partial charge on any atom is -0.361 e. The van der Waals surface area contributed by atoms with Gasteiger partial charge in [0, 0.05) is 23.6 Å². The molecule has 0 bridgehead atoms. The number of rotatable bonds is 3. The van der Waals surface area contributed by atoms with E-state index in [0.29, 0.717) is 0 Å². The van der Waals surface area contributed by atoms with Crippen LogP contribution in [0.25, 0.3) is 10.9 Å². The summed E-state index contributed by atoms with van der Waals surface area (Å²) in [7, 11) is 0. The lowest BCUT2D eigenvalue weighted by Crippen LogP contribution is -2.09. The summed E-state index contributed by atoms with van der Waals surface area (Å²) < 4.78 is 0. The fraction of sp³-hybridized carbons (Fsp3) is 0.200. The number of aromatic nitrogens is 1. The average molecular weight is 239 g/mol. The van der Waals surface area contributed by atoms with E-state index in [-0.39, 0.29) is 0 Å². The molecule has 2 N–H and O–H groups in total. The molecule has 0 fully saturated rings. The fourth-order valence-corrected chi connectivity index (χ4v) is 1.66. The molecule has 0 unspecified atom stereocenters. The van der Waals surface area contributed by atoms with E-state index in [1.165, 1.54) is 16.5 Å². The topological polar surface area (TPSA) is 27.8 Å². The van der Waals surface area contributed by atoms with Gasteiger partial charge in [0.1, 0.15) is 0 Å². The summed E-state index contributed by atoms with van der Waals surface area (Å²) in [4.78, 5) is 3.24. The van der Waals surface area contributed by atoms with Crippen LogP contribution in [0.1, 0.15) is 5.56 Å². The minimum absolute atomic E-state index is 0.826. The predicted octanol–water partition coefficient (Wildman–Crippen LogP) is 2.61. The normalized spacial score (nSPS) is 10.8. The first-order chi connectivity index (χ1) is 6.42. The molecular formula is C10H11BrN2. The highest BCUT2D eigenvalue weighted by molar-refractivity contribution is 9.09. The quantitative estimate of drug-likeness (QED) is 0.625. The van der Waals surface area contributed by atoms with Gasteiger partial charge in [-0.1, -0.05) is 34.1 Å². The number of halogens is 1. The number of hydrogen-bond acceptors (Lipinski definition) is 1. The number of aromatic amines is 1. The van der Waals surface area contributed by atoms with Gasteiger partial charge in [0.2, 0.25) is 0 Å². The van der Waals surface area contributed by atoms with Crippen molar-refractivity contribution in [2.75, 3.05) is 5.45 Å². The van der Waals surface area contributed by atoms with Gasteiger partial charge >= 0.3 is 0 Å². The Morgan fingerprint density at radius 2 is 2.15 bits per heavy atom. The van der Waals surface area contributed by atoms with E-state index in [4.69, 9.17) is 0 Å². The number of para-hydroxylation sites is 1. The Hall–Kier alpha value is -0.800. The maximum absolute atomic E-state index is 3.34. The molecule has 3 heteroatoms. The van der Waals surface area contributed by atoms with Gasteiger partial charge in [-0.15, -0.1) is 0 Å². The molecule has 1 heterocycles.